The molecular formula is C12H14O2. The molecule has 1 atom stereocenters. The molecule has 0 aromatic rings. The number of allylic oxidation sites excluding steroid dienone is 4. The number of hydrogen-bond acceptors (Lipinski definition) is 2. The second-order valence-electron chi connectivity index (χ2n) is 3.85. The fourth-order valence-electron chi connectivity index (χ4n) is 2.28. The van der Waals surface area contributed by atoms with E-state index in [9.17, 15) is 4.79 Å². The van der Waals surface area contributed by atoms with E-state index in [-0.39, 0.29) is 11.2 Å². The van der Waals surface area contributed by atoms with Gasteiger partial charge in [0, 0.05) is 6.08 Å². The van der Waals surface area contributed by atoms with Crippen LogP contribution in [0.25, 0.3) is 0 Å². The van der Waals surface area contributed by atoms with E-state index in [1.54, 1.807) is 19.3 Å². The van der Waals surface area contributed by atoms with Gasteiger partial charge in [-0.2, -0.15) is 0 Å². The molecule has 0 amide bonds. The third-order valence-corrected chi connectivity index (χ3v) is 3.16. The number of ether oxygens (including phenoxy) is 1. The Hall–Kier alpha value is -1.31. The molecule has 0 bridgehead atoms. The highest BCUT2D eigenvalue weighted by molar-refractivity contribution is 6.01. The van der Waals surface area contributed by atoms with Crippen molar-refractivity contribution in [3.63, 3.8) is 0 Å². The van der Waals surface area contributed by atoms with E-state index in [1.165, 1.54) is 5.57 Å². The van der Waals surface area contributed by atoms with E-state index < -0.39 is 0 Å². The molecule has 1 spiro atoms. The van der Waals surface area contributed by atoms with Crippen molar-refractivity contribution in [2.24, 2.45) is 5.41 Å². The zero-order valence-corrected chi connectivity index (χ0v) is 8.54. The molecule has 0 heterocycles. The average Bonchev–Trinajstić information content (AvgIpc) is 2.53. The Morgan fingerprint density at radius 3 is 2.86 bits per heavy atom. The molecule has 2 aliphatic carbocycles. The van der Waals surface area contributed by atoms with Gasteiger partial charge in [-0.3, -0.25) is 4.79 Å². The summed E-state index contributed by atoms with van der Waals surface area (Å²) in [5.41, 5.74) is 1.16. The van der Waals surface area contributed by atoms with Gasteiger partial charge in [0.2, 0.25) is 0 Å². The predicted molar refractivity (Wildman–Crippen MR) is 54.7 cm³/mol. The van der Waals surface area contributed by atoms with Crippen LogP contribution < -0.4 is 0 Å². The van der Waals surface area contributed by atoms with Gasteiger partial charge >= 0.3 is 0 Å². The highest BCUT2D eigenvalue weighted by Crippen LogP contribution is 2.47. The highest BCUT2D eigenvalue weighted by Gasteiger charge is 2.39. The molecular weight excluding hydrogens is 176 g/mol. The lowest BCUT2D eigenvalue weighted by Crippen LogP contribution is -2.24. The number of hydrogen-bond donors (Lipinski definition) is 0. The van der Waals surface area contributed by atoms with Crippen LogP contribution in [0.3, 0.4) is 0 Å². The molecule has 2 aliphatic rings. The van der Waals surface area contributed by atoms with Gasteiger partial charge in [0.25, 0.3) is 0 Å². The highest BCUT2D eigenvalue weighted by atomic mass is 16.5. The van der Waals surface area contributed by atoms with Crippen molar-refractivity contribution in [3.05, 3.63) is 35.6 Å². The molecule has 0 saturated heterocycles. The fourth-order valence-corrected chi connectivity index (χ4v) is 2.28. The molecule has 2 nitrogen and oxygen atoms in total. The second kappa shape index (κ2) is 3.12. The van der Waals surface area contributed by atoms with Crippen molar-refractivity contribution in [2.75, 3.05) is 7.11 Å². The zero-order valence-electron chi connectivity index (χ0n) is 8.54. The van der Waals surface area contributed by atoms with E-state index >= 15 is 0 Å². The van der Waals surface area contributed by atoms with Crippen LogP contribution in [0.15, 0.2) is 35.6 Å². The Labute approximate surface area is 83.9 Å². The SMILES string of the molecule is COC1=CC(=O)C=CC12CCC=C2C. The first-order valence-corrected chi connectivity index (χ1v) is 4.86. The van der Waals surface area contributed by atoms with Gasteiger partial charge in [-0.15, -0.1) is 0 Å². The van der Waals surface area contributed by atoms with Crippen molar-refractivity contribution < 1.29 is 9.53 Å². The van der Waals surface area contributed by atoms with Crippen molar-refractivity contribution in [3.8, 4) is 0 Å². The molecule has 0 aromatic heterocycles. The summed E-state index contributed by atoms with van der Waals surface area (Å²) in [5, 5.41) is 0. The summed E-state index contributed by atoms with van der Waals surface area (Å²) >= 11 is 0. The summed E-state index contributed by atoms with van der Waals surface area (Å²) in [4.78, 5) is 11.2. The number of ketones is 1. The van der Waals surface area contributed by atoms with Gasteiger partial charge in [-0.25, -0.2) is 0 Å². The molecule has 2 heteroatoms. The van der Waals surface area contributed by atoms with Gasteiger partial charge in [-0.05, 0) is 25.8 Å². The van der Waals surface area contributed by atoms with Crippen LogP contribution in [0.2, 0.25) is 0 Å². The third kappa shape index (κ3) is 1.14. The summed E-state index contributed by atoms with van der Waals surface area (Å²) < 4.78 is 5.32. The van der Waals surface area contributed by atoms with Crippen LogP contribution in [0, 0.1) is 5.41 Å². The summed E-state index contributed by atoms with van der Waals surface area (Å²) in [5.74, 6) is 0.809. The van der Waals surface area contributed by atoms with Gasteiger partial charge in [0.05, 0.1) is 12.5 Å². The normalized spacial score (nSPS) is 30.6. The molecule has 0 saturated carbocycles. The van der Waals surface area contributed by atoms with E-state index in [0.29, 0.717) is 0 Å². The maximum atomic E-state index is 11.2. The minimum atomic E-state index is -0.122. The van der Waals surface area contributed by atoms with Crippen LogP contribution in [0.5, 0.6) is 0 Å². The minimum Gasteiger partial charge on any atom is -0.500 e. The van der Waals surface area contributed by atoms with Crippen molar-refractivity contribution >= 4 is 5.78 Å². The van der Waals surface area contributed by atoms with Crippen molar-refractivity contribution in [1.82, 2.24) is 0 Å². The van der Waals surface area contributed by atoms with E-state index in [4.69, 9.17) is 4.74 Å². The first kappa shape index (κ1) is 9.25. The lowest BCUT2D eigenvalue weighted by molar-refractivity contribution is -0.110. The topological polar surface area (TPSA) is 26.3 Å². The van der Waals surface area contributed by atoms with Crippen LogP contribution in [0.4, 0.5) is 0 Å². The van der Waals surface area contributed by atoms with E-state index in [0.717, 1.165) is 18.6 Å². The predicted octanol–water partition coefficient (Wildman–Crippen LogP) is 2.38. The Kier molecular flexibility index (Phi) is 2.06. The smallest absolute Gasteiger partial charge is 0.181 e. The maximum Gasteiger partial charge on any atom is 0.181 e. The van der Waals surface area contributed by atoms with Gasteiger partial charge in [0.1, 0.15) is 5.76 Å². The quantitative estimate of drug-likeness (QED) is 0.593. The lowest BCUT2D eigenvalue weighted by Gasteiger charge is -2.31. The fraction of sp³-hybridized carbons (Fsp3) is 0.417. The zero-order chi connectivity index (χ0) is 10.2. The molecule has 0 aliphatic heterocycles. The molecule has 0 N–H and O–H groups in total. The largest absolute Gasteiger partial charge is 0.500 e. The lowest BCUT2D eigenvalue weighted by atomic mass is 9.76. The molecule has 0 fully saturated rings. The van der Waals surface area contributed by atoms with Gasteiger partial charge in [-0.1, -0.05) is 17.7 Å². The Morgan fingerprint density at radius 2 is 2.29 bits per heavy atom. The summed E-state index contributed by atoms with van der Waals surface area (Å²) in [7, 11) is 1.63. The molecule has 74 valence electrons. The molecule has 0 radical (unpaired) electrons. The number of carbonyl (C=O) groups is 1. The van der Waals surface area contributed by atoms with E-state index in [2.05, 4.69) is 13.0 Å². The molecule has 2 rings (SSSR count). The first-order valence-electron chi connectivity index (χ1n) is 4.86. The van der Waals surface area contributed by atoms with Crippen LogP contribution >= 0.6 is 0 Å². The number of methoxy groups -OCH3 is 1. The Bertz CT molecular complexity index is 361. The Morgan fingerprint density at radius 1 is 1.50 bits per heavy atom. The second-order valence-corrected chi connectivity index (χ2v) is 3.85. The Balaban J connectivity index is 2.45. The molecule has 1 unspecified atom stereocenters. The number of rotatable bonds is 1. The number of carbonyl (C=O) groups excluding carboxylic acids is 1. The monoisotopic (exact) mass is 190 g/mol. The van der Waals surface area contributed by atoms with Crippen molar-refractivity contribution in [2.45, 2.75) is 19.8 Å². The standard InChI is InChI=1S/C12H14O2/c1-9-4-3-6-12(9)7-5-10(13)8-11(12)14-2/h4-5,7-8H,3,6H2,1-2H3. The molecule has 0 aromatic carbocycles. The first-order chi connectivity index (χ1) is 6.69. The van der Waals surface area contributed by atoms with Crippen molar-refractivity contribution in [1.29, 1.82) is 0 Å². The van der Waals surface area contributed by atoms with Gasteiger partial charge in [0.15, 0.2) is 5.78 Å². The maximum absolute atomic E-state index is 11.2. The molecule has 14 heavy (non-hydrogen) atoms. The summed E-state index contributed by atoms with van der Waals surface area (Å²) in [6, 6.07) is 0. The minimum absolute atomic E-state index is 0.0205. The van der Waals surface area contributed by atoms with Crippen LogP contribution in [-0.2, 0) is 9.53 Å². The van der Waals surface area contributed by atoms with Gasteiger partial charge < -0.3 is 4.74 Å². The van der Waals surface area contributed by atoms with E-state index in [1.807, 2.05) is 6.08 Å². The summed E-state index contributed by atoms with van der Waals surface area (Å²) in [6.45, 7) is 2.10. The van der Waals surface area contributed by atoms with Crippen LogP contribution in [0.1, 0.15) is 19.8 Å². The average molecular weight is 190 g/mol. The summed E-state index contributed by atoms with van der Waals surface area (Å²) in [6.07, 6.45) is 9.52. The van der Waals surface area contributed by atoms with Crippen LogP contribution in [-0.4, -0.2) is 12.9 Å². The third-order valence-electron chi connectivity index (χ3n) is 3.16.